The van der Waals surface area contributed by atoms with Crippen LogP contribution in [-0.4, -0.2) is 25.2 Å². The van der Waals surface area contributed by atoms with E-state index in [2.05, 4.69) is 26.6 Å². The Balaban J connectivity index is 1.84. The average Bonchev–Trinajstić information content (AvgIpc) is 3.15. The molecule has 0 saturated heterocycles. The van der Waals surface area contributed by atoms with Gasteiger partial charge in [-0.05, 0) is 48.4 Å². The minimum absolute atomic E-state index is 0.167. The fourth-order valence-electron chi connectivity index (χ4n) is 2.63. The van der Waals surface area contributed by atoms with Crippen molar-refractivity contribution in [3.63, 3.8) is 0 Å². The summed E-state index contributed by atoms with van der Waals surface area (Å²) in [7, 11) is 0. The van der Waals surface area contributed by atoms with Crippen LogP contribution in [0, 0.1) is 0 Å². The summed E-state index contributed by atoms with van der Waals surface area (Å²) in [6.07, 6.45) is 3.45. The highest BCUT2D eigenvalue weighted by molar-refractivity contribution is 9.10. The minimum atomic E-state index is -0.362. The number of rotatable bonds is 7. The Labute approximate surface area is 172 Å². The van der Waals surface area contributed by atoms with E-state index in [0.29, 0.717) is 23.6 Å². The highest BCUT2D eigenvalue weighted by atomic mass is 79.9. The van der Waals surface area contributed by atoms with E-state index in [0.717, 1.165) is 22.9 Å². The van der Waals surface area contributed by atoms with Gasteiger partial charge in [0.05, 0.1) is 0 Å². The summed E-state index contributed by atoms with van der Waals surface area (Å²) in [5.41, 5.74) is 1.34. The molecular formula is C21H21BrN2O4. The van der Waals surface area contributed by atoms with E-state index in [1.807, 2.05) is 13.0 Å². The van der Waals surface area contributed by atoms with Crippen LogP contribution in [0.4, 0.5) is 0 Å². The van der Waals surface area contributed by atoms with Crippen molar-refractivity contribution in [3.05, 3.63) is 63.8 Å². The summed E-state index contributed by atoms with van der Waals surface area (Å²) in [5.74, 6) is 0.565. The smallest absolute Gasteiger partial charge is 0.267 e. The number of hydrogen-bond donors (Lipinski definition) is 2. The highest BCUT2D eigenvalue weighted by Gasteiger charge is 2.17. The monoisotopic (exact) mass is 444 g/mol. The van der Waals surface area contributed by atoms with E-state index >= 15 is 0 Å². The molecule has 3 rings (SSSR count). The predicted molar refractivity (Wildman–Crippen MR) is 110 cm³/mol. The molecule has 1 aliphatic heterocycles. The average molecular weight is 445 g/mol. The van der Waals surface area contributed by atoms with Crippen molar-refractivity contribution in [2.45, 2.75) is 19.8 Å². The number of amides is 2. The lowest BCUT2D eigenvalue weighted by Crippen LogP contribution is -2.35. The van der Waals surface area contributed by atoms with Gasteiger partial charge in [-0.2, -0.15) is 0 Å². The van der Waals surface area contributed by atoms with Crippen molar-refractivity contribution >= 4 is 33.8 Å². The number of hydrogen-bond acceptors (Lipinski definition) is 4. The Morgan fingerprint density at radius 3 is 2.75 bits per heavy atom. The van der Waals surface area contributed by atoms with Crippen LogP contribution in [-0.2, 0) is 4.79 Å². The summed E-state index contributed by atoms with van der Waals surface area (Å²) in [5, 5.41) is 5.56. The lowest BCUT2D eigenvalue weighted by Gasteiger charge is -2.11. The third-order valence-corrected chi connectivity index (χ3v) is 4.60. The number of carbonyl (C=O) groups excluding carboxylic acids is 2. The molecule has 0 fully saturated rings. The van der Waals surface area contributed by atoms with Crippen LogP contribution in [0.2, 0.25) is 0 Å². The first-order valence-electron chi connectivity index (χ1n) is 9.03. The van der Waals surface area contributed by atoms with E-state index in [9.17, 15) is 9.59 Å². The van der Waals surface area contributed by atoms with Crippen molar-refractivity contribution in [3.8, 4) is 11.5 Å². The fourth-order valence-corrected chi connectivity index (χ4v) is 3.03. The summed E-state index contributed by atoms with van der Waals surface area (Å²) in [4.78, 5) is 25.3. The SMILES string of the molecule is CCCCNC(=O)/C(=C/c1ccc2c(c1)OCO2)NC(=O)c1cccc(Br)c1. The molecule has 146 valence electrons. The zero-order valence-corrected chi connectivity index (χ0v) is 17.0. The Morgan fingerprint density at radius 1 is 1.14 bits per heavy atom. The summed E-state index contributed by atoms with van der Waals surface area (Å²) in [6, 6.07) is 12.3. The molecule has 0 radical (unpaired) electrons. The second-order valence-electron chi connectivity index (χ2n) is 6.24. The molecule has 2 amide bonds. The van der Waals surface area contributed by atoms with E-state index < -0.39 is 0 Å². The summed E-state index contributed by atoms with van der Waals surface area (Å²) < 4.78 is 11.5. The largest absolute Gasteiger partial charge is 0.454 e. The zero-order valence-electron chi connectivity index (χ0n) is 15.5. The Kier molecular flexibility index (Phi) is 6.71. The number of unbranched alkanes of at least 4 members (excludes halogenated alkanes) is 1. The molecule has 2 aromatic rings. The van der Waals surface area contributed by atoms with Gasteiger partial charge in [-0.25, -0.2) is 0 Å². The fraction of sp³-hybridized carbons (Fsp3) is 0.238. The number of fused-ring (bicyclic) bond motifs is 1. The van der Waals surface area contributed by atoms with Crippen molar-refractivity contribution < 1.29 is 19.1 Å². The number of benzene rings is 2. The number of nitrogens with one attached hydrogen (secondary N) is 2. The maximum absolute atomic E-state index is 12.6. The van der Waals surface area contributed by atoms with E-state index in [1.165, 1.54) is 0 Å². The zero-order chi connectivity index (χ0) is 19.9. The summed E-state index contributed by atoms with van der Waals surface area (Å²) >= 11 is 3.35. The van der Waals surface area contributed by atoms with Crippen LogP contribution in [0.15, 0.2) is 52.6 Å². The highest BCUT2D eigenvalue weighted by Crippen LogP contribution is 2.33. The lowest BCUT2D eigenvalue weighted by molar-refractivity contribution is -0.117. The third-order valence-electron chi connectivity index (χ3n) is 4.10. The van der Waals surface area contributed by atoms with Crippen LogP contribution in [0.3, 0.4) is 0 Å². The molecule has 0 aromatic heterocycles. The van der Waals surface area contributed by atoms with Crippen LogP contribution in [0.5, 0.6) is 11.5 Å². The predicted octanol–water partition coefficient (Wildman–Crippen LogP) is 3.87. The first-order chi connectivity index (χ1) is 13.6. The van der Waals surface area contributed by atoms with Gasteiger partial charge in [0.1, 0.15) is 5.70 Å². The number of halogens is 1. The van der Waals surface area contributed by atoms with Crippen LogP contribution >= 0.6 is 15.9 Å². The van der Waals surface area contributed by atoms with Crippen molar-refractivity contribution in [1.82, 2.24) is 10.6 Å². The topological polar surface area (TPSA) is 76.7 Å². The normalized spacial score (nSPS) is 12.6. The number of ether oxygens (including phenoxy) is 2. The van der Waals surface area contributed by atoms with Crippen molar-refractivity contribution in [2.24, 2.45) is 0 Å². The van der Waals surface area contributed by atoms with E-state index in [1.54, 1.807) is 42.5 Å². The molecule has 28 heavy (non-hydrogen) atoms. The first kappa shape index (κ1) is 19.9. The van der Waals surface area contributed by atoms with Crippen LogP contribution in [0.25, 0.3) is 6.08 Å². The van der Waals surface area contributed by atoms with Gasteiger partial charge in [-0.15, -0.1) is 0 Å². The van der Waals surface area contributed by atoms with Gasteiger partial charge in [-0.1, -0.05) is 41.4 Å². The standard InChI is InChI=1S/C21H21BrN2O4/c1-2-3-9-23-21(26)17(24-20(25)15-5-4-6-16(22)12-15)10-14-7-8-18-19(11-14)28-13-27-18/h4-8,10-12H,2-3,9,13H2,1H3,(H,23,26)(H,24,25)/b17-10-. The van der Waals surface area contributed by atoms with Gasteiger partial charge in [0.15, 0.2) is 11.5 Å². The second-order valence-corrected chi connectivity index (χ2v) is 7.16. The van der Waals surface area contributed by atoms with Gasteiger partial charge in [0, 0.05) is 16.6 Å². The number of carbonyl (C=O) groups is 2. The van der Waals surface area contributed by atoms with Gasteiger partial charge < -0.3 is 20.1 Å². The second kappa shape index (κ2) is 9.41. The van der Waals surface area contributed by atoms with E-state index in [-0.39, 0.29) is 24.3 Å². The molecule has 0 saturated carbocycles. The molecule has 0 aliphatic carbocycles. The van der Waals surface area contributed by atoms with Gasteiger partial charge in [0.25, 0.3) is 11.8 Å². The van der Waals surface area contributed by atoms with Gasteiger partial charge in [-0.3, -0.25) is 9.59 Å². The van der Waals surface area contributed by atoms with Gasteiger partial charge in [0.2, 0.25) is 6.79 Å². The van der Waals surface area contributed by atoms with Crippen LogP contribution in [0.1, 0.15) is 35.7 Å². The first-order valence-corrected chi connectivity index (χ1v) is 9.82. The molecule has 2 aromatic carbocycles. The molecule has 1 aliphatic rings. The van der Waals surface area contributed by atoms with Crippen molar-refractivity contribution in [2.75, 3.05) is 13.3 Å². The molecular weight excluding hydrogens is 424 g/mol. The Morgan fingerprint density at radius 2 is 1.96 bits per heavy atom. The summed E-state index contributed by atoms with van der Waals surface area (Å²) in [6.45, 7) is 2.76. The van der Waals surface area contributed by atoms with Gasteiger partial charge >= 0.3 is 0 Å². The molecule has 0 atom stereocenters. The quantitative estimate of drug-likeness (QED) is 0.501. The molecule has 2 N–H and O–H groups in total. The molecule has 1 heterocycles. The molecule has 0 unspecified atom stereocenters. The van der Waals surface area contributed by atoms with Crippen LogP contribution < -0.4 is 20.1 Å². The minimum Gasteiger partial charge on any atom is -0.454 e. The molecule has 0 bridgehead atoms. The lowest BCUT2D eigenvalue weighted by atomic mass is 10.1. The Hall–Kier alpha value is -2.80. The Bertz CT molecular complexity index is 911. The maximum Gasteiger partial charge on any atom is 0.267 e. The maximum atomic E-state index is 12.6. The van der Waals surface area contributed by atoms with E-state index in [4.69, 9.17) is 9.47 Å². The van der Waals surface area contributed by atoms with Crippen molar-refractivity contribution in [1.29, 1.82) is 0 Å². The molecule has 0 spiro atoms. The third kappa shape index (κ3) is 5.13. The molecule has 6 nitrogen and oxygen atoms in total. The molecule has 7 heteroatoms.